The average Bonchev–Trinajstić information content (AvgIpc) is 2.55. The van der Waals surface area contributed by atoms with Gasteiger partial charge in [-0.15, -0.1) is 0 Å². The predicted octanol–water partition coefficient (Wildman–Crippen LogP) is 2.66. The zero-order valence-electron chi connectivity index (χ0n) is 10.4. The van der Waals surface area contributed by atoms with Crippen LogP contribution in [0.1, 0.15) is 50.9 Å². The van der Waals surface area contributed by atoms with Crippen LogP contribution in [0.5, 0.6) is 0 Å². The molecule has 0 spiro atoms. The normalized spacial score (nSPS) is 11.3. The van der Waals surface area contributed by atoms with Crippen LogP contribution in [0.3, 0.4) is 0 Å². The highest BCUT2D eigenvalue weighted by Gasteiger charge is 2.05. The van der Waals surface area contributed by atoms with Crippen molar-refractivity contribution in [3.63, 3.8) is 0 Å². The van der Waals surface area contributed by atoms with Crippen LogP contribution in [0.2, 0.25) is 0 Å². The van der Waals surface area contributed by atoms with Gasteiger partial charge < -0.3 is 5.32 Å². The van der Waals surface area contributed by atoms with E-state index in [1.165, 1.54) is 18.4 Å². The summed E-state index contributed by atoms with van der Waals surface area (Å²) < 4.78 is 2.03. The third kappa shape index (κ3) is 3.67. The van der Waals surface area contributed by atoms with E-state index in [1.807, 2.05) is 4.68 Å². The molecule has 3 heteroatoms. The van der Waals surface area contributed by atoms with Crippen molar-refractivity contribution in [2.75, 3.05) is 6.54 Å². The summed E-state index contributed by atoms with van der Waals surface area (Å²) in [4.78, 5) is 0. The molecule has 0 amide bonds. The largest absolute Gasteiger partial charge is 0.313 e. The first-order valence-corrected chi connectivity index (χ1v) is 5.90. The van der Waals surface area contributed by atoms with Crippen molar-refractivity contribution in [1.82, 2.24) is 15.1 Å². The van der Waals surface area contributed by atoms with Gasteiger partial charge in [-0.1, -0.05) is 13.3 Å². The van der Waals surface area contributed by atoms with Crippen molar-refractivity contribution in [1.29, 1.82) is 0 Å². The minimum absolute atomic E-state index is 0.452. The molecule has 0 radical (unpaired) electrons. The summed E-state index contributed by atoms with van der Waals surface area (Å²) in [6.45, 7) is 10.6. The molecule has 1 heterocycles. The van der Waals surface area contributed by atoms with Gasteiger partial charge in [0.2, 0.25) is 0 Å². The summed E-state index contributed by atoms with van der Waals surface area (Å²) in [7, 11) is 0. The SMILES string of the molecule is CCCCNCc1cn(C(C)C)nc1C. The molecule has 1 rings (SSSR count). The Kier molecular flexibility index (Phi) is 4.82. The number of unbranched alkanes of at least 4 members (excludes halogenated alkanes) is 1. The fraction of sp³-hybridized carbons (Fsp3) is 0.750. The zero-order valence-corrected chi connectivity index (χ0v) is 10.4. The molecule has 0 aliphatic rings. The molecule has 15 heavy (non-hydrogen) atoms. The molecule has 0 saturated heterocycles. The Morgan fingerprint density at radius 2 is 2.20 bits per heavy atom. The van der Waals surface area contributed by atoms with Gasteiger partial charge in [-0.2, -0.15) is 5.10 Å². The molecule has 0 aliphatic heterocycles. The van der Waals surface area contributed by atoms with Gasteiger partial charge in [-0.25, -0.2) is 0 Å². The third-order valence-corrected chi connectivity index (χ3v) is 2.57. The number of rotatable bonds is 6. The molecule has 86 valence electrons. The first-order chi connectivity index (χ1) is 7.15. The molecule has 0 saturated carbocycles. The van der Waals surface area contributed by atoms with Crippen LogP contribution in [-0.2, 0) is 6.54 Å². The van der Waals surface area contributed by atoms with E-state index in [2.05, 4.69) is 44.3 Å². The van der Waals surface area contributed by atoms with Crippen LogP contribution in [0.25, 0.3) is 0 Å². The van der Waals surface area contributed by atoms with E-state index < -0.39 is 0 Å². The molecule has 0 aliphatic carbocycles. The van der Waals surface area contributed by atoms with Gasteiger partial charge in [0.25, 0.3) is 0 Å². The number of nitrogens with zero attached hydrogens (tertiary/aromatic N) is 2. The molecule has 0 fully saturated rings. The van der Waals surface area contributed by atoms with Gasteiger partial charge in [0.05, 0.1) is 5.69 Å². The van der Waals surface area contributed by atoms with Crippen molar-refractivity contribution in [3.8, 4) is 0 Å². The van der Waals surface area contributed by atoms with E-state index in [-0.39, 0.29) is 0 Å². The average molecular weight is 209 g/mol. The van der Waals surface area contributed by atoms with Gasteiger partial charge in [0.1, 0.15) is 0 Å². The summed E-state index contributed by atoms with van der Waals surface area (Å²) >= 11 is 0. The van der Waals surface area contributed by atoms with Crippen molar-refractivity contribution >= 4 is 0 Å². The molecule has 0 atom stereocenters. The second-order valence-electron chi connectivity index (χ2n) is 4.34. The van der Waals surface area contributed by atoms with Gasteiger partial charge in [-0.05, 0) is 33.7 Å². The minimum Gasteiger partial charge on any atom is -0.313 e. The van der Waals surface area contributed by atoms with Crippen LogP contribution >= 0.6 is 0 Å². The van der Waals surface area contributed by atoms with Crippen molar-refractivity contribution < 1.29 is 0 Å². The van der Waals surface area contributed by atoms with Crippen molar-refractivity contribution in [3.05, 3.63) is 17.5 Å². The maximum Gasteiger partial charge on any atom is 0.0638 e. The summed E-state index contributed by atoms with van der Waals surface area (Å²) in [6.07, 6.45) is 4.65. The third-order valence-electron chi connectivity index (χ3n) is 2.57. The lowest BCUT2D eigenvalue weighted by molar-refractivity contribution is 0.528. The topological polar surface area (TPSA) is 29.9 Å². The van der Waals surface area contributed by atoms with Gasteiger partial charge in [-0.3, -0.25) is 4.68 Å². The van der Waals surface area contributed by atoms with E-state index in [9.17, 15) is 0 Å². The monoisotopic (exact) mass is 209 g/mol. The second-order valence-corrected chi connectivity index (χ2v) is 4.34. The van der Waals surface area contributed by atoms with E-state index in [1.54, 1.807) is 0 Å². The Labute approximate surface area is 92.9 Å². The summed E-state index contributed by atoms with van der Waals surface area (Å²) in [5.41, 5.74) is 2.47. The van der Waals surface area contributed by atoms with E-state index in [0.717, 1.165) is 18.8 Å². The zero-order chi connectivity index (χ0) is 11.3. The van der Waals surface area contributed by atoms with E-state index in [4.69, 9.17) is 0 Å². The van der Waals surface area contributed by atoms with Gasteiger partial charge in [0.15, 0.2) is 0 Å². The molecule has 1 N–H and O–H groups in total. The molecular formula is C12H23N3. The fourth-order valence-corrected chi connectivity index (χ4v) is 1.48. The molecule has 1 aromatic heterocycles. The Morgan fingerprint density at radius 3 is 2.73 bits per heavy atom. The van der Waals surface area contributed by atoms with Crippen LogP contribution in [0.4, 0.5) is 0 Å². The molecule has 0 bridgehead atoms. The molecular weight excluding hydrogens is 186 g/mol. The highest BCUT2D eigenvalue weighted by molar-refractivity contribution is 5.15. The lowest BCUT2D eigenvalue weighted by Crippen LogP contribution is -2.14. The lowest BCUT2D eigenvalue weighted by Gasteiger charge is -2.03. The maximum absolute atomic E-state index is 4.49. The Hall–Kier alpha value is -0.830. The first-order valence-electron chi connectivity index (χ1n) is 5.90. The Morgan fingerprint density at radius 1 is 1.47 bits per heavy atom. The second kappa shape index (κ2) is 5.91. The van der Waals surface area contributed by atoms with Crippen molar-refractivity contribution in [2.24, 2.45) is 0 Å². The number of hydrogen-bond donors (Lipinski definition) is 1. The summed E-state index contributed by atoms with van der Waals surface area (Å²) in [5.74, 6) is 0. The van der Waals surface area contributed by atoms with Crippen LogP contribution in [-0.4, -0.2) is 16.3 Å². The molecule has 0 unspecified atom stereocenters. The number of nitrogens with one attached hydrogen (secondary N) is 1. The van der Waals surface area contributed by atoms with Crippen LogP contribution < -0.4 is 5.32 Å². The molecule has 1 aromatic rings. The number of hydrogen-bond acceptors (Lipinski definition) is 2. The maximum atomic E-state index is 4.49. The van der Waals surface area contributed by atoms with Gasteiger partial charge >= 0.3 is 0 Å². The van der Waals surface area contributed by atoms with Crippen LogP contribution in [0.15, 0.2) is 6.20 Å². The molecule has 0 aromatic carbocycles. The Bertz CT molecular complexity index is 289. The predicted molar refractivity (Wildman–Crippen MR) is 64.0 cm³/mol. The fourth-order valence-electron chi connectivity index (χ4n) is 1.48. The molecule has 3 nitrogen and oxygen atoms in total. The number of aromatic nitrogens is 2. The quantitative estimate of drug-likeness (QED) is 0.730. The van der Waals surface area contributed by atoms with Crippen molar-refractivity contribution in [2.45, 2.75) is 53.1 Å². The first kappa shape index (κ1) is 12.2. The number of aryl methyl sites for hydroxylation is 1. The summed E-state index contributed by atoms with van der Waals surface area (Å²) in [5, 5.41) is 7.93. The minimum atomic E-state index is 0.452. The Balaban J connectivity index is 2.46. The summed E-state index contributed by atoms with van der Waals surface area (Å²) in [6, 6.07) is 0.452. The van der Waals surface area contributed by atoms with E-state index in [0.29, 0.717) is 6.04 Å². The highest BCUT2D eigenvalue weighted by atomic mass is 15.3. The van der Waals surface area contributed by atoms with Crippen LogP contribution in [0, 0.1) is 6.92 Å². The van der Waals surface area contributed by atoms with E-state index >= 15 is 0 Å². The highest BCUT2D eigenvalue weighted by Crippen LogP contribution is 2.10. The smallest absolute Gasteiger partial charge is 0.0638 e. The standard InChI is InChI=1S/C12H23N3/c1-5-6-7-13-8-12-9-15(10(2)3)14-11(12)4/h9-10,13H,5-8H2,1-4H3. The lowest BCUT2D eigenvalue weighted by atomic mass is 10.2. The van der Waals surface area contributed by atoms with Gasteiger partial charge in [0, 0.05) is 24.3 Å².